The number of hydrazone groups is 1. The lowest BCUT2D eigenvalue weighted by Crippen LogP contribution is -2.26. The van der Waals surface area contributed by atoms with Gasteiger partial charge in [-0.25, -0.2) is 4.99 Å². The van der Waals surface area contributed by atoms with Crippen LogP contribution in [0.4, 0.5) is 5.69 Å². The van der Waals surface area contributed by atoms with Gasteiger partial charge in [-0.2, -0.15) is 5.10 Å². The van der Waals surface area contributed by atoms with Crippen LogP contribution in [0.25, 0.3) is 10.8 Å². The van der Waals surface area contributed by atoms with Gasteiger partial charge in [0.05, 0.1) is 17.3 Å². The van der Waals surface area contributed by atoms with Gasteiger partial charge in [0, 0.05) is 10.3 Å². The minimum Gasteiger partial charge on any atom is -0.480 e. The Morgan fingerprint density at radius 2 is 1.92 bits per heavy atom. The molecule has 0 spiro atoms. The quantitative estimate of drug-likeness (QED) is 0.316. The third kappa shape index (κ3) is 4.04. The number of fused-ring (bicyclic) bond motifs is 1. The second-order valence-electron chi connectivity index (χ2n) is 5.57. The molecule has 132 valence electrons. The first-order chi connectivity index (χ1) is 12.5. The minimum atomic E-state index is -0.505. The molecule has 1 aromatic heterocycles. The van der Waals surface area contributed by atoms with E-state index in [-0.39, 0.29) is 11.8 Å². The second kappa shape index (κ2) is 7.47. The van der Waals surface area contributed by atoms with E-state index < -0.39 is 11.5 Å². The molecule has 0 unspecified atom stereocenters. The van der Waals surface area contributed by atoms with Crippen molar-refractivity contribution in [2.75, 3.05) is 6.54 Å². The van der Waals surface area contributed by atoms with Crippen LogP contribution >= 0.6 is 0 Å². The molecule has 26 heavy (non-hydrogen) atoms. The zero-order valence-electron chi connectivity index (χ0n) is 13.9. The zero-order valence-corrected chi connectivity index (χ0v) is 13.9. The number of aryl methyl sites for hydroxylation is 1. The predicted molar refractivity (Wildman–Crippen MR) is 98.7 cm³/mol. The molecule has 0 saturated heterocycles. The summed E-state index contributed by atoms with van der Waals surface area (Å²) in [4.78, 5) is 14.6. The van der Waals surface area contributed by atoms with Crippen molar-refractivity contribution in [1.82, 2.24) is 5.43 Å². The van der Waals surface area contributed by atoms with Gasteiger partial charge in [0.25, 0.3) is 12.5 Å². The molecule has 1 heterocycles. The highest BCUT2D eigenvalue weighted by molar-refractivity contribution is 6.00. The molecule has 0 aliphatic carbocycles. The number of hydrogen-bond donors (Lipinski definition) is 2. The van der Waals surface area contributed by atoms with Gasteiger partial charge in [-0.1, -0.05) is 35.9 Å². The first-order valence-electron chi connectivity index (χ1n) is 7.78. The van der Waals surface area contributed by atoms with Crippen LogP contribution in [0.3, 0.4) is 0 Å². The third-order valence-corrected chi connectivity index (χ3v) is 3.58. The van der Waals surface area contributed by atoms with E-state index >= 15 is 0 Å². The van der Waals surface area contributed by atoms with Gasteiger partial charge in [0.15, 0.2) is 11.6 Å². The third-order valence-electron chi connectivity index (χ3n) is 3.58. The number of furan rings is 1. The van der Waals surface area contributed by atoms with Crippen molar-refractivity contribution < 1.29 is 14.4 Å². The number of nitrogens with one attached hydrogen (secondary N) is 1. The summed E-state index contributed by atoms with van der Waals surface area (Å²) in [5.74, 6) is 0.206. The smallest absolute Gasteiger partial charge is 0.290 e. The first-order valence-corrected chi connectivity index (χ1v) is 7.78. The Hall–Kier alpha value is -3.68. The molecule has 0 bridgehead atoms. The molecule has 0 amide bonds. The molecule has 8 heteroatoms. The van der Waals surface area contributed by atoms with Crippen molar-refractivity contribution >= 4 is 28.5 Å². The molecule has 2 aromatic carbocycles. The number of nitrogens with zero attached hydrogens (tertiary/aromatic N) is 3. The maximum absolute atomic E-state index is 10.8. The molecule has 0 aliphatic rings. The van der Waals surface area contributed by atoms with Crippen LogP contribution in [0.5, 0.6) is 5.95 Å². The van der Waals surface area contributed by atoms with Gasteiger partial charge in [0.1, 0.15) is 0 Å². The number of hydrogen-bond acceptors (Lipinski definition) is 6. The summed E-state index contributed by atoms with van der Waals surface area (Å²) in [6.45, 7) is 1.44. The molecule has 0 saturated carbocycles. The maximum Gasteiger partial charge on any atom is 0.290 e. The Morgan fingerprint density at radius 1 is 1.23 bits per heavy atom. The molecule has 0 aliphatic heterocycles. The lowest BCUT2D eigenvalue weighted by Gasteiger charge is -2.02. The summed E-state index contributed by atoms with van der Waals surface area (Å²) in [6, 6.07) is 14.3. The van der Waals surface area contributed by atoms with E-state index in [4.69, 9.17) is 4.42 Å². The molecule has 0 radical (unpaired) electrons. The van der Waals surface area contributed by atoms with Crippen molar-refractivity contribution in [2.24, 2.45) is 10.1 Å². The minimum absolute atomic E-state index is 0.0789. The van der Waals surface area contributed by atoms with Gasteiger partial charge >= 0.3 is 0 Å². The van der Waals surface area contributed by atoms with Crippen molar-refractivity contribution in [1.29, 1.82) is 0 Å². The fourth-order valence-electron chi connectivity index (χ4n) is 2.35. The average Bonchev–Trinajstić information content (AvgIpc) is 2.93. The summed E-state index contributed by atoms with van der Waals surface area (Å²) in [5, 5.41) is 25.8. The summed E-state index contributed by atoms with van der Waals surface area (Å²) in [6.07, 6.45) is 1.34. The van der Waals surface area contributed by atoms with E-state index in [1.54, 1.807) is 36.4 Å². The van der Waals surface area contributed by atoms with E-state index in [1.807, 2.05) is 19.1 Å². The topological polar surface area (TPSA) is 113 Å². The monoisotopic (exact) mass is 352 g/mol. The van der Waals surface area contributed by atoms with E-state index in [9.17, 15) is 15.2 Å². The van der Waals surface area contributed by atoms with Crippen LogP contribution in [0, 0.1) is 17.0 Å². The number of nitro groups is 1. The Labute approximate surface area is 148 Å². The lowest BCUT2D eigenvalue weighted by molar-refractivity contribution is -0.463. The van der Waals surface area contributed by atoms with E-state index in [0.29, 0.717) is 22.2 Å². The number of aliphatic imine (C=N–C) groups is 1. The number of benzene rings is 2. The van der Waals surface area contributed by atoms with Crippen LogP contribution in [0.15, 0.2) is 63.0 Å². The van der Waals surface area contributed by atoms with Crippen molar-refractivity contribution in [3.63, 3.8) is 0 Å². The highest BCUT2D eigenvalue weighted by Gasteiger charge is 2.11. The van der Waals surface area contributed by atoms with Crippen molar-refractivity contribution in [2.45, 2.75) is 6.92 Å². The largest absolute Gasteiger partial charge is 0.480 e. The van der Waals surface area contributed by atoms with Crippen LogP contribution in [-0.4, -0.2) is 28.6 Å². The zero-order chi connectivity index (χ0) is 18.5. The molecule has 0 fully saturated rings. The Bertz CT molecular complexity index is 990. The highest BCUT2D eigenvalue weighted by atomic mass is 16.6. The Morgan fingerprint density at radius 3 is 2.62 bits per heavy atom. The van der Waals surface area contributed by atoms with Crippen LogP contribution < -0.4 is 5.43 Å². The summed E-state index contributed by atoms with van der Waals surface area (Å²) >= 11 is 0. The summed E-state index contributed by atoms with van der Waals surface area (Å²) in [7, 11) is 0. The van der Waals surface area contributed by atoms with Gasteiger partial charge in [-0.15, -0.1) is 0 Å². The summed E-state index contributed by atoms with van der Waals surface area (Å²) < 4.78 is 5.25. The SMILES string of the molecule is Cc1ccc(N=C(C[N+](=O)[O-])N/N=C/c2oc(O)c3ccccc23)cc1. The van der Waals surface area contributed by atoms with Crippen molar-refractivity contribution in [3.8, 4) is 5.95 Å². The maximum atomic E-state index is 10.8. The molecule has 0 atom stereocenters. The number of amidine groups is 1. The fraction of sp³-hybridized carbons (Fsp3) is 0.111. The first kappa shape index (κ1) is 17.2. The number of aromatic hydroxyl groups is 1. The molecule has 3 rings (SSSR count). The lowest BCUT2D eigenvalue weighted by atomic mass is 10.2. The van der Waals surface area contributed by atoms with E-state index in [2.05, 4.69) is 15.5 Å². The van der Waals surface area contributed by atoms with Crippen LogP contribution in [0.2, 0.25) is 0 Å². The fourth-order valence-corrected chi connectivity index (χ4v) is 2.35. The molecule has 3 aromatic rings. The molecular formula is C18H16N4O4. The Balaban J connectivity index is 1.81. The van der Waals surface area contributed by atoms with Gasteiger partial charge in [-0.05, 0) is 25.1 Å². The van der Waals surface area contributed by atoms with E-state index in [0.717, 1.165) is 5.56 Å². The molecular weight excluding hydrogens is 336 g/mol. The number of rotatable bonds is 5. The molecule has 8 nitrogen and oxygen atoms in total. The van der Waals surface area contributed by atoms with Gasteiger partial charge in [-0.3, -0.25) is 15.5 Å². The summed E-state index contributed by atoms with van der Waals surface area (Å²) in [5.41, 5.74) is 4.22. The van der Waals surface area contributed by atoms with Crippen LogP contribution in [0.1, 0.15) is 11.3 Å². The highest BCUT2D eigenvalue weighted by Crippen LogP contribution is 2.29. The van der Waals surface area contributed by atoms with Crippen molar-refractivity contribution in [3.05, 3.63) is 70.0 Å². The average molecular weight is 352 g/mol. The molecule has 2 N–H and O–H groups in total. The van der Waals surface area contributed by atoms with Crippen LogP contribution in [-0.2, 0) is 0 Å². The Kier molecular flexibility index (Phi) is 4.93. The van der Waals surface area contributed by atoms with Gasteiger partial charge < -0.3 is 9.52 Å². The van der Waals surface area contributed by atoms with E-state index in [1.165, 1.54) is 6.21 Å². The van der Waals surface area contributed by atoms with Gasteiger partial charge in [0.2, 0.25) is 0 Å². The predicted octanol–water partition coefficient (Wildman–Crippen LogP) is 3.38. The normalized spacial score (nSPS) is 12.0. The second-order valence-corrected chi connectivity index (χ2v) is 5.57. The standard InChI is InChI=1S/C18H16N4O4/c1-12-6-8-13(9-7-12)20-17(11-22(24)25)21-19-10-16-14-4-2-3-5-15(14)18(23)26-16/h2-10,23H,11H2,1H3,(H,20,21)/b19-10+.